The Balaban J connectivity index is 2.08. The molecule has 3 nitrogen and oxygen atoms in total. The van der Waals surface area contributed by atoms with Crippen LogP contribution in [-0.4, -0.2) is 47.8 Å². The second-order valence-corrected chi connectivity index (χ2v) is 5.74. The summed E-state index contributed by atoms with van der Waals surface area (Å²) in [4.78, 5) is 2.49. The predicted molar refractivity (Wildman–Crippen MR) is 77.9 cm³/mol. The van der Waals surface area contributed by atoms with Crippen LogP contribution >= 0.6 is 0 Å². The van der Waals surface area contributed by atoms with Crippen molar-refractivity contribution >= 4 is 0 Å². The molecule has 0 saturated heterocycles. The third-order valence-corrected chi connectivity index (χ3v) is 4.22. The van der Waals surface area contributed by atoms with Crippen LogP contribution in [-0.2, 0) is 0 Å². The van der Waals surface area contributed by atoms with Crippen molar-refractivity contribution in [1.29, 1.82) is 0 Å². The number of nitrogens with one attached hydrogen (secondary N) is 1. The van der Waals surface area contributed by atoms with Crippen molar-refractivity contribution in [3.63, 3.8) is 0 Å². The van der Waals surface area contributed by atoms with E-state index in [-0.39, 0.29) is 6.10 Å². The number of aliphatic hydroxyl groups is 1. The molecule has 1 rings (SSSR count). The molecule has 108 valence electrons. The molecule has 0 aromatic rings. The van der Waals surface area contributed by atoms with Crippen molar-refractivity contribution in [2.45, 2.75) is 77.5 Å². The number of hydrogen-bond acceptors (Lipinski definition) is 3. The van der Waals surface area contributed by atoms with Crippen LogP contribution in [0.1, 0.15) is 59.3 Å². The lowest BCUT2D eigenvalue weighted by Crippen LogP contribution is -2.40. The van der Waals surface area contributed by atoms with E-state index >= 15 is 0 Å². The molecule has 0 radical (unpaired) electrons. The van der Waals surface area contributed by atoms with Crippen molar-refractivity contribution in [3.05, 3.63) is 0 Å². The highest BCUT2D eigenvalue weighted by Gasteiger charge is 2.20. The lowest BCUT2D eigenvalue weighted by Gasteiger charge is -2.29. The van der Waals surface area contributed by atoms with Crippen LogP contribution in [0.15, 0.2) is 0 Å². The van der Waals surface area contributed by atoms with E-state index in [1.54, 1.807) is 0 Å². The predicted octanol–water partition coefficient (Wildman–Crippen LogP) is 2.39. The first-order valence-electron chi connectivity index (χ1n) is 7.82. The van der Waals surface area contributed by atoms with Crippen LogP contribution in [0, 0.1) is 0 Å². The lowest BCUT2D eigenvalue weighted by atomic mass is 9.92. The third kappa shape index (κ3) is 6.17. The van der Waals surface area contributed by atoms with E-state index in [4.69, 9.17) is 0 Å². The zero-order valence-electron chi connectivity index (χ0n) is 12.5. The summed E-state index contributed by atoms with van der Waals surface area (Å²) >= 11 is 0. The van der Waals surface area contributed by atoms with Crippen LogP contribution < -0.4 is 5.32 Å². The van der Waals surface area contributed by atoms with E-state index in [9.17, 15) is 5.11 Å². The monoisotopic (exact) mass is 256 g/mol. The van der Waals surface area contributed by atoms with Crippen molar-refractivity contribution in [2.24, 2.45) is 0 Å². The Morgan fingerprint density at radius 3 is 2.33 bits per heavy atom. The standard InChI is InChI=1S/C15H32N2O/c1-4-17(5-2)12-6-7-13(3)16-14-8-10-15(18)11-9-14/h13-16,18H,4-12H2,1-3H3. The summed E-state index contributed by atoms with van der Waals surface area (Å²) in [6.45, 7) is 10.3. The summed E-state index contributed by atoms with van der Waals surface area (Å²) < 4.78 is 0. The Hall–Kier alpha value is -0.120. The molecule has 0 spiro atoms. The summed E-state index contributed by atoms with van der Waals surface area (Å²) in [5, 5.41) is 13.2. The molecule has 1 saturated carbocycles. The minimum absolute atomic E-state index is 0.0407. The highest BCUT2D eigenvalue weighted by atomic mass is 16.3. The van der Waals surface area contributed by atoms with Crippen LogP contribution in [0.2, 0.25) is 0 Å². The van der Waals surface area contributed by atoms with Crippen molar-refractivity contribution < 1.29 is 5.11 Å². The van der Waals surface area contributed by atoms with E-state index in [0.29, 0.717) is 12.1 Å². The molecule has 1 aliphatic rings. The van der Waals surface area contributed by atoms with Gasteiger partial charge in [0.2, 0.25) is 0 Å². The number of nitrogens with zero attached hydrogens (tertiary/aromatic N) is 1. The van der Waals surface area contributed by atoms with Crippen molar-refractivity contribution in [3.8, 4) is 0 Å². The first kappa shape index (κ1) is 15.9. The Kier molecular flexibility index (Phi) is 7.87. The van der Waals surface area contributed by atoms with Gasteiger partial charge in [0, 0.05) is 12.1 Å². The molecule has 3 heteroatoms. The summed E-state index contributed by atoms with van der Waals surface area (Å²) in [6.07, 6.45) is 6.73. The Bertz CT molecular complexity index is 199. The summed E-state index contributed by atoms with van der Waals surface area (Å²) in [5.74, 6) is 0. The smallest absolute Gasteiger partial charge is 0.0541 e. The fraction of sp³-hybridized carbons (Fsp3) is 1.00. The highest BCUT2D eigenvalue weighted by Crippen LogP contribution is 2.19. The number of aliphatic hydroxyl groups excluding tert-OH is 1. The van der Waals surface area contributed by atoms with Gasteiger partial charge < -0.3 is 15.3 Å². The summed E-state index contributed by atoms with van der Waals surface area (Å²) in [6, 6.07) is 1.25. The van der Waals surface area contributed by atoms with Gasteiger partial charge in [-0.2, -0.15) is 0 Å². The molecule has 0 bridgehead atoms. The Morgan fingerprint density at radius 1 is 1.17 bits per heavy atom. The molecule has 2 N–H and O–H groups in total. The van der Waals surface area contributed by atoms with Crippen LogP contribution in [0.5, 0.6) is 0 Å². The second kappa shape index (κ2) is 8.89. The molecule has 1 unspecified atom stereocenters. The van der Waals surface area contributed by atoms with E-state index in [1.807, 2.05) is 0 Å². The first-order chi connectivity index (χ1) is 8.65. The molecule has 0 amide bonds. The minimum Gasteiger partial charge on any atom is -0.393 e. The molecule has 18 heavy (non-hydrogen) atoms. The average molecular weight is 256 g/mol. The fourth-order valence-electron chi connectivity index (χ4n) is 2.89. The molecule has 1 fully saturated rings. The minimum atomic E-state index is -0.0407. The SMILES string of the molecule is CCN(CC)CCCC(C)NC1CCC(O)CC1. The van der Waals surface area contributed by atoms with Gasteiger partial charge in [-0.05, 0) is 65.1 Å². The van der Waals surface area contributed by atoms with Crippen molar-refractivity contribution in [1.82, 2.24) is 10.2 Å². The maximum absolute atomic E-state index is 9.48. The molecule has 0 aromatic heterocycles. The second-order valence-electron chi connectivity index (χ2n) is 5.74. The molecule has 0 aromatic carbocycles. The Morgan fingerprint density at radius 2 is 1.78 bits per heavy atom. The van der Waals surface area contributed by atoms with Crippen LogP contribution in [0.25, 0.3) is 0 Å². The van der Waals surface area contributed by atoms with Crippen LogP contribution in [0.4, 0.5) is 0 Å². The Labute approximate surface area is 113 Å². The molecule has 1 atom stereocenters. The van der Waals surface area contributed by atoms with E-state index in [1.165, 1.54) is 32.5 Å². The van der Waals surface area contributed by atoms with E-state index in [2.05, 4.69) is 31.0 Å². The van der Waals surface area contributed by atoms with Crippen molar-refractivity contribution in [2.75, 3.05) is 19.6 Å². The zero-order valence-corrected chi connectivity index (χ0v) is 12.5. The number of hydrogen-bond donors (Lipinski definition) is 2. The maximum Gasteiger partial charge on any atom is 0.0541 e. The van der Waals surface area contributed by atoms with Gasteiger partial charge >= 0.3 is 0 Å². The summed E-state index contributed by atoms with van der Waals surface area (Å²) in [5.41, 5.74) is 0. The largest absolute Gasteiger partial charge is 0.393 e. The van der Waals surface area contributed by atoms with Gasteiger partial charge in [0.15, 0.2) is 0 Å². The highest BCUT2D eigenvalue weighted by molar-refractivity contribution is 4.78. The zero-order chi connectivity index (χ0) is 13.4. The van der Waals surface area contributed by atoms with Gasteiger partial charge in [-0.3, -0.25) is 0 Å². The van der Waals surface area contributed by atoms with Gasteiger partial charge in [-0.15, -0.1) is 0 Å². The third-order valence-electron chi connectivity index (χ3n) is 4.22. The van der Waals surface area contributed by atoms with E-state index < -0.39 is 0 Å². The van der Waals surface area contributed by atoms with Gasteiger partial charge in [-0.1, -0.05) is 13.8 Å². The first-order valence-corrected chi connectivity index (χ1v) is 7.82. The van der Waals surface area contributed by atoms with Gasteiger partial charge in [0.1, 0.15) is 0 Å². The molecular weight excluding hydrogens is 224 g/mol. The number of rotatable bonds is 8. The average Bonchev–Trinajstić information content (AvgIpc) is 2.37. The maximum atomic E-state index is 9.48. The fourth-order valence-corrected chi connectivity index (χ4v) is 2.89. The lowest BCUT2D eigenvalue weighted by molar-refractivity contribution is 0.114. The quantitative estimate of drug-likeness (QED) is 0.700. The van der Waals surface area contributed by atoms with Gasteiger partial charge in [0.05, 0.1) is 6.10 Å². The van der Waals surface area contributed by atoms with E-state index in [0.717, 1.165) is 25.7 Å². The molecule has 0 heterocycles. The normalized spacial score (nSPS) is 26.5. The summed E-state index contributed by atoms with van der Waals surface area (Å²) in [7, 11) is 0. The molecule has 1 aliphatic carbocycles. The topological polar surface area (TPSA) is 35.5 Å². The van der Waals surface area contributed by atoms with Crippen LogP contribution in [0.3, 0.4) is 0 Å². The van der Waals surface area contributed by atoms with Gasteiger partial charge in [-0.25, -0.2) is 0 Å². The molecule has 0 aliphatic heterocycles. The van der Waals surface area contributed by atoms with Gasteiger partial charge in [0.25, 0.3) is 0 Å². The molecular formula is C15H32N2O.